The van der Waals surface area contributed by atoms with E-state index in [2.05, 4.69) is 36.3 Å². The SMILES string of the molecule is COc1ccccc1CN(Cc1ccc(C(C)(C)C)cc1)S(=O)(=O)c1ccc(-n2cnnn2)c(OC)c1. The van der Waals surface area contributed by atoms with Gasteiger partial charge in [-0.2, -0.15) is 8.99 Å². The van der Waals surface area contributed by atoms with Gasteiger partial charge in [-0.15, -0.1) is 5.10 Å². The Morgan fingerprint density at radius 1 is 0.892 bits per heavy atom. The maximum absolute atomic E-state index is 14.0. The summed E-state index contributed by atoms with van der Waals surface area (Å²) in [5, 5.41) is 11.2. The van der Waals surface area contributed by atoms with Crippen LogP contribution in [0.25, 0.3) is 5.69 Å². The molecule has 4 aromatic rings. The number of hydrogen-bond acceptors (Lipinski definition) is 7. The highest BCUT2D eigenvalue weighted by Crippen LogP contribution is 2.30. The molecule has 1 heterocycles. The van der Waals surface area contributed by atoms with Crippen molar-refractivity contribution in [1.82, 2.24) is 24.5 Å². The molecule has 0 aliphatic rings. The van der Waals surface area contributed by atoms with Crippen LogP contribution in [-0.4, -0.2) is 47.1 Å². The van der Waals surface area contributed by atoms with E-state index in [1.807, 2.05) is 48.5 Å². The molecule has 1 aromatic heterocycles. The maximum atomic E-state index is 14.0. The molecule has 0 N–H and O–H groups in total. The van der Waals surface area contributed by atoms with Crippen LogP contribution < -0.4 is 9.47 Å². The highest BCUT2D eigenvalue weighted by molar-refractivity contribution is 7.89. The topological polar surface area (TPSA) is 99.4 Å². The van der Waals surface area contributed by atoms with Crippen molar-refractivity contribution in [1.29, 1.82) is 0 Å². The molecule has 0 aliphatic carbocycles. The average Bonchev–Trinajstić information content (AvgIpc) is 3.43. The van der Waals surface area contributed by atoms with E-state index in [4.69, 9.17) is 9.47 Å². The van der Waals surface area contributed by atoms with Crippen molar-refractivity contribution in [3.05, 3.63) is 89.7 Å². The predicted molar refractivity (Wildman–Crippen MR) is 140 cm³/mol. The number of aromatic nitrogens is 4. The largest absolute Gasteiger partial charge is 0.496 e. The summed E-state index contributed by atoms with van der Waals surface area (Å²) in [6.07, 6.45) is 1.42. The number of nitrogens with zero attached hydrogens (tertiary/aromatic N) is 5. The molecule has 0 radical (unpaired) electrons. The zero-order valence-corrected chi connectivity index (χ0v) is 22.4. The van der Waals surface area contributed by atoms with E-state index >= 15 is 0 Å². The highest BCUT2D eigenvalue weighted by Gasteiger charge is 2.27. The van der Waals surface area contributed by atoms with Crippen LogP contribution in [0.4, 0.5) is 0 Å². The Morgan fingerprint density at radius 2 is 1.59 bits per heavy atom. The Labute approximate surface area is 217 Å². The van der Waals surface area contributed by atoms with Crippen LogP contribution in [0.5, 0.6) is 11.5 Å². The van der Waals surface area contributed by atoms with Crippen molar-refractivity contribution < 1.29 is 17.9 Å². The van der Waals surface area contributed by atoms with E-state index in [0.717, 1.165) is 11.1 Å². The van der Waals surface area contributed by atoms with Crippen LogP contribution in [0.1, 0.15) is 37.5 Å². The lowest BCUT2D eigenvalue weighted by Gasteiger charge is -2.25. The normalized spacial score (nSPS) is 12.1. The summed E-state index contributed by atoms with van der Waals surface area (Å²) in [6.45, 7) is 6.75. The van der Waals surface area contributed by atoms with E-state index in [0.29, 0.717) is 17.2 Å². The molecule has 0 amide bonds. The molecule has 194 valence electrons. The second-order valence-corrected chi connectivity index (χ2v) is 11.6. The third-order valence-electron chi connectivity index (χ3n) is 6.10. The van der Waals surface area contributed by atoms with E-state index in [9.17, 15) is 8.42 Å². The molecule has 9 nitrogen and oxygen atoms in total. The number of rotatable bonds is 9. The van der Waals surface area contributed by atoms with Gasteiger partial charge in [-0.25, -0.2) is 8.42 Å². The zero-order chi connectivity index (χ0) is 26.6. The summed E-state index contributed by atoms with van der Waals surface area (Å²) in [5.41, 5.74) is 3.35. The van der Waals surface area contributed by atoms with Crippen molar-refractivity contribution >= 4 is 10.0 Å². The summed E-state index contributed by atoms with van der Waals surface area (Å²) >= 11 is 0. The number of tetrazole rings is 1. The average molecular weight is 522 g/mol. The van der Waals surface area contributed by atoms with Gasteiger partial charge in [0.25, 0.3) is 0 Å². The van der Waals surface area contributed by atoms with Gasteiger partial charge >= 0.3 is 0 Å². The predicted octanol–water partition coefficient (Wildman–Crippen LogP) is 4.37. The Kier molecular flexibility index (Phi) is 7.60. The fourth-order valence-electron chi connectivity index (χ4n) is 3.99. The molecule has 0 saturated heterocycles. The Morgan fingerprint density at radius 3 is 2.22 bits per heavy atom. The Hall–Kier alpha value is -3.76. The molecule has 0 bridgehead atoms. The fourth-order valence-corrected chi connectivity index (χ4v) is 5.41. The minimum absolute atomic E-state index is 0.000384. The van der Waals surface area contributed by atoms with Gasteiger partial charge in [0.05, 0.1) is 19.1 Å². The summed E-state index contributed by atoms with van der Waals surface area (Å²) in [5.74, 6) is 0.956. The number of ether oxygens (including phenoxy) is 2. The minimum atomic E-state index is -3.94. The third-order valence-corrected chi connectivity index (χ3v) is 7.89. The van der Waals surface area contributed by atoms with E-state index in [1.165, 1.54) is 40.1 Å². The van der Waals surface area contributed by atoms with E-state index < -0.39 is 10.0 Å². The minimum Gasteiger partial charge on any atom is -0.496 e. The number of para-hydroxylation sites is 1. The van der Waals surface area contributed by atoms with Crippen LogP contribution in [-0.2, 0) is 28.5 Å². The van der Waals surface area contributed by atoms with Gasteiger partial charge in [0.1, 0.15) is 23.5 Å². The standard InChI is InChI=1S/C27H31N5O4S/c1-27(2,3)22-12-10-20(11-13-22)17-31(18-21-8-6-7-9-25(21)35-4)37(33,34)23-14-15-24(26(16-23)36-5)32-19-28-29-30-32/h6-16,19H,17-18H2,1-5H3. The van der Waals surface area contributed by atoms with Crippen LogP contribution in [0.3, 0.4) is 0 Å². The number of methoxy groups -OCH3 is 2. The van der Waals surface area contributed by atoms with Crippen LogP contribution in [0.2, 0.25) is 0 Å². The second-order valence-electron chi connectivity index (χ2n) is 9.62. The molecule has 0 saturated carbocycles. The van der Waals surface area contributed by atoms with Crippen LogP contribution in [0.15, 0.2) is 78.0 Å². The lowest BCUT2D eigenvalue weighted by molar-refractivity contribution is 0.375. The van der Waals surface area contributed by atoms with Gasteiger partial charge in [0.15, 0.2) is 0 Å². The lowest BCUT2D eigenvalue weighted by Crippen LogP contribution is -2.30. The van der Waals surface area contributed by atoms with Gasteiger partial charge in [-0.1, -0.05) is 63.2 Å². The highest BCUT2D eigenvalue weighted by atomic mass is 32.2. The van der Waals surface area contributed by atoms with Crippen LogP contribution in [0, 0.1) is 0 Å². The second kappa shape index (κ2) is 10.7. The van der Waals surface area contributed by atoms with E-state index in [-0.39, 0.29) is 23.4 Å². The zero-order valence-electron chi connectivity index (χ0n) is 21.6. The van der Waals surface area contributed by atoms with Crippen molar-refractivity contribution in [2.24, 2.45) is 0 Å². The van der Waals surface area contributed by atoms with Gasteiger partial charge in [-0.05, 0) is 45.2 Å². The third kappa shape index (κ3) is 5.81. The lowest BCUT2D eigenvalue weighted by atomic mass is 9.87. The number of sulfonamides is 1. The first-order valence-electron chi connectivity index (χ1n) is 11.8. The molecule has 4 rings (SSSR count). The van der Waals surface area contributed by atoms with Crippen LogP contribution >= 0.6 is 0 Å². The first kappa shape index (κ1) is 26.3. The van der Waals surface area contributed by atoms with Crippen molar-refractivity contribution in [2.45, 2.75) is 44.2 Å². The first-order valence-corrected chi connectivity index (χ1v) is 13.2. The summed E-state index contributed by atoms with van der Waals surface area (Å²) in [6, 6.07) is 20.1. The molecule has 0 spiro atoms. The van der Waals surface area contributed by atoms with Crippen molar-refractivity contribution in [3.63, 3.8) is 0 Å². The quantitative estimate of drug-likeness (QED) is 0.322. The molecular formula is C27H31N5O4S. The molecule has 37 heavy (non-hydrogen) atoms. The Bertz CT molecular complexity index is 1450. The molecule has 0 fully saturated rings. The molecule has 0 atom stereocenters. The Balaban J connectivity index is 1.74. The van der Waals surface area contributed by atoms with Crippen molar-refractivity contribution in [3.8, 4) is 17.2 Å². The van der Waals surface area contributed by atoms with Gasteiger partial charge < -0.3 is 9.47 Å². The molecule has 3 aromatic carbocycles. The van der Waals surface area contributed by atoms with E-state index in [1.54, 1.807) is 13.2 Å². The summed E-state index contributed by atoms with van der Waals surface area (Å²) < 4.78 is 41.9. The van der Waals surface area contributed by atoms with Gasteiger partial charge in [0, 0.05) is 24.7 Å². The summed E-state index contributed by atoms with van der Waals surface area (Å²) in [4.78, 5) is 0.0994. The van der Waals surface area contributed by atoms with Crippen molar-refractivity contribution in [2.75, 3.05) is 14.2 Å². The number of hydrogen-bond donors (Lipinski definition) is 0. The first-order chi connectivity index (χ1) is 17.6. The molecular weight excluding hydrogens is 490 g/mol. The molecule has 0 unspecified atom stereocenters. The van der Waals surface area contributed by atoms with Gasteiger partial charge in [-0.3, -0.25) is 0 Å². The summed E-state index contributed by atoms with van der Waals surface area (Å²) in [7, 11) is -0.892. The van der Waals surface area contributed by atoms with Gasteiger partial charge in [0.2, 0.25) is 10.0 Å². The molecule has 10 heteroatoms. The number of benzene rings is 3. The molecule has 0 aliphatic heterocycles. The smallest absolute Gasteiger partial charge is 0.243 e. The maximum Gasteiger partial charge on any atom is 0.243 e. The monoisotopic (exact) mass is 521 g/mol. The fraction of sp³-hybridized carbons (Fsp3) is 0.296.